The van der Waals surface area contributed by atoms with E-state index in [9.17, 15) is 4.79 Å². The predicted octanol–water partition coefficient (Wildman–Crippen LogP) is 1.19. The summed E-state index contributed by atoms with van der Waals surface area (Å²) in [6.07, 6.45) is 1.81. The maximum Gasteiger partial charge on any atom is 0.234 e. The highest BCUT2D eigenvalue weighted by atomic mass is 35.5. The molecule has 108 valence electrons. The number of alkyl halides is 1. The summed E-state index contributed by atoms with van der Waals surface area (Å²) < 4.78 is 15.9. The quantitative estimate of drug-likeness (QED) is 0.407. The Bertz CT molecular complexity index is 193. The summed E-state index contributed by atoms with van der Waals surface area (Å²) >= 11 is 5.32. The van der Waals surface area contributed by atoms with Gasteiger partial charge in [-0.2, -0.15) is 0 Å². The van der Waals surface area contributed by atoms with Gasteiger partial charge < -0.3 is 19.5 Å². The van der Waals surface area contributed by atoms with Crippen molar-refractivity contribution in [2.75, 3.05) is 52.1 Å². The zero-order chi connectivity index (χ0) is 13.5. The molecule has 6 heteroatoms. The third kappa shape index (κ3) is 13.7. The molecule has 0 atom stereocenters. The number of carbonyl (C=O) groups is 1. The van der Waals surface area contributed by atoms with Crippen LogP contribution in [0.1, 0.15) is 19.8 Å². The lowest BCUT2D eigenvalue weighted by molar-refractivity contribution is -0.118. The molecule has 18 heavy (non-hydrogen) atoms. The van der Waals surface area contributed by atoms with E-state index >= 15 is 0 Å². The molecule has 0 aromatic heterocycles. The van der Waals surface area contributed by atoms with Crippen molar-refractivity contribution in [1.82, 2.24) is 5.32 Å². The molecule has 0 aliphatic heterocycles. The van der Waals surface area contributed by atoms with Crippen LogP contribution in [0.2, 0.25) is 0 Å². The molecule has 0 spiro atoms. The van der Waals surface area contributed by atoms with Crippen molar-refractivity contribution >= 4 is 17.5 Å². The summed E-state index contributed by atoms with van der Waals surface area (Å²) in [5.74, 6) is -0.137. The summed E-state index contributed by atoms with van der Waals surface area (Å²) in [5, 5.41) is 2.66. The molecule has 5 nitrogen and oxygen atoms in total. The van der Waals surface area contributed by atoms with Crippen LogP contribution in [0.15, 0.2) is 0 Å². The molecular formula is C12H24ClNO4. The molecule has 0 saturated carbocycles. The lowest BCUT2D eigenvalue weighted by Crippen LogP contribution is -2.26. The van der Waals surface area contributed by atoms with Gasteiger partial charge in [0.05, 0.1) is 26.4 Å². The van der Waals surface area contributed by atoms with Crippen LogP contribution in [0.4, 0.5) is 0 Å². The van der Waals surface area contributed by atoms with Crippen molar-refractivity contribution in [3.8, 4) is 0 Å². The minimum atomic E-state index is -0.146. The molecule has 0 unspecified atom stereocenters. The number of hydrogen-bond donors (Lipinski definition) is 1. The highest BCUT2D eigenvalue weighted by molar-refractivity contribution is 6.27. The van der Waals surface area contributed by atoms with Gasteiger partial charge in [0, 0.05) is 19.8 Å². The van der Waals surface area contributed by atoms with E-state index in [0.29, 0.717) is 39.6 Å². The molecule has 0 bridgehead atoms. The van der Waals surface area contributed by atoms with E-state index in [-0.39, 0.29) is 11.8 Å². The second-order valence-electron chi connectivity index (χ2n) is 3.67. The van der Waals surface area contributed by atoms with Crippen molar-refractivity contribution in [1.29, 1.82) is 0 Å². The Labute approximate surface area is 114 Å². The van der Waals surface area contributed by atoms with Crippen LogP contribution in [0.25, 0.3) is 0 Å². The first-order valence-electron chi connectivity index (χ1n) is 6.37. The molecule has 1 amide bonds. The maximum atomic E-state index is 10.8. The number of halogens is 1. The van der Waals surface area contributed by atoms with Gasteiger partial charge in [-0.15, -0.1) is 11.6 Å². The second kappa shape index (κ2) is 14.7. The Hall–Kier alpha value is -0.360. The number of hydrogen-bond acceptors (Lipinski definition) is 4. The zero-order valence-electron chi connectivity index (χ0n) is 11.1. The number of amides is 1. The Morgan fingerprint density at radius 2 is 1.56 bits per heavy atom. The van der Waals surface area contributed by atoms with E-state index in [0.717, 1.165) is 19.4 Å². The highest BCUT2D eigenvalue weighted by Crippen LogP contribution is 1.85. The van der Waals surface area contributed by atoms with E-state index in [1.54, 1.807) is 0 Å². The Kier molecular flexibility index (Phi) is 14.4. The van der Waals surface area contributed by atoms with Gasteiger partial charge in [0.2, 0.25) is 5.91 Å². The average molecular weight is 282 g/mol. The van der Waals surface area contributed by atoms with Gasteiger partial charge in [-0.05, 0) is 12.8 Å². The van der Waals surface area contributed by atoms with Crippen LogP contribution < -0.4 is 5.32 Å². The largest absolute Gasteiger partial charge is 0.379 e. The lowest BCUT2D eigenvalue weighted by atomic mass is 10.4. The third-order valence-electron chi connectivity index (χ3n) is 2.00. The number of carbonyl (C=O) groups excluding carboxylic acids is 1. The standard InChI is InChI=1S/C12H24ClNO4/c1-2-5-16-7-9-18-10-8-17-6-3-4-14-12(15)11-13/h2-11H2,1H3,(H,14,15). The van der Waals surface area contributed by atoms with Crippen molar-refractivity contribution in [2.45, 2.75) is 19.8 Å². The normalized spacial score (nSPS) is 10.6. The first-order valence-corrected chi connectivity index (χ1v) is 6.90. The van der Waals surface area contributed by atoms with Crippen LogP contribution >= 0.6 is 11.6 Å². The van der Waals surface area contributed by atoms with E-state index in [1.807, 2.05) is 0 Å². The molecule has 0 aromatic rings. The molecule has 1 N–H and O–H groups in total. The first-order chi connectivity index (χ1) is 8.81. The van der Waals surface area contributed by atoms with E-state index in [1.165, 1.54) is 0 Å². The summed E-state index contributed by atoms with van der Waals surface area (Å²) in [4.78, 5) is 10.8. The molecule has 0 aliphatic carbocycles. The van der Waals surface area contributed by atoms with Crippen molar-refractivity contribution in [3.05, 3.63) is 0 Å². The molecule has 0 saturated heterocycles. The summed E-state index contributed by atoms with van der Waals surface area (Å²) in [6, 6.07) is 0. The van der Waals surface area contributed by atoms with Crippen molar-refractivity contribution in [3.63, 3.8) is 0 Å². The van der Waals surface area contributed by atoms with Crippen LogP contribution in [0.3, 0.4) is 0 Å². The minimum absolute atomic E-state index is 0.00873. The molecule has 0 rings (SSSR count). The fourth-order valence-electron chi connectivity index (χ4n) is 1.14. The number of nitrogens with one attached hydrogen (secondary N) is 1. The molecule has 0 heterocycles. The maximum absolute atomic E-state index is 10.8. The first kappa shape index (κ1) is 17.6. The van der Waals surface area contributed by atoms with Gasteiger partial charge in [0.25, 0.3) is 0 Å². The van der Waals surface area contributed by atoms with Gasteiger partial charge in [0.15, 0.2) is 0 Å². The van der Waals surface area contributed by atoms with Gasteiger partial charge in [-0.3, -0.25) is 4.79 Å². The van der Waals surface area contributed by atoms with Gasteiger partial charge >= 0.3 is 0 Å². The fourth-order valence-corrected chi connectivity index (χ4v) is 1.23. The van der Waals surface area contributed by atoms with Crippen molar-refractivity contribution < 1.29 is 19.0 Å². The lowest BCUT2D eigenvalue weighted by Gasteiger charge is -2.06. The fraction of sp³-hybridized carbons (Fsp3) is 0.917. The molecule has 0 radical (unpaired) electrons. The van der Waals surface area contributed by atoms with Crippen LogP contribution in [-0.4, -0.2) is 58.0 Å². The SMILES string of the molecule is CCCOCCOCCOCCCNC(=O)CCl. The Morgan fingerprint density at radius 3 is 2.11 bits per heavy atom. The summed E-state index contributed by atoms with van der Waals surface area (Å²) in [7, 11) is 0. The van der Waals surface area contributed by atoms with Crippen molar-refractivity contribution in [2.24, 2.45) is 0 Å². The summed E-state index contributed by atoms with van der Waals surface area (Å²) in [5.41, 5.74) is 0. The Morgan fingerprint density at radius 1 is 1.00 bits per heavy atom. The van der Waals surface area contributed by atoms with Crippen LogP contribution in [0, 0.1) is 0 Å². The second-order valence-corrected chi connectivity index (χ2v) is 3.94. The predicted molar refractivity (Wildman–Crippen MR) is 71.1 cm³/mol. The summed E-state index contributed by atoms with van der Waals surface area (Å²) in [6.45, 7) is 6.45. The van der Waals surface area contributed by atoms with Crippen LogP contribution in [-0.2, 0) is 19.0 Å². The molecule has 0 aliphatic rings. The smallest absolute Gasteiger partial charge is 0.234 e. The Balaban J connectivity index is 2.97. The molecule has 0 fully saturated rings. The minimum Gasteiger partial charge on any atom is -0.379 e. The molecule has 0 aromatic carbocycles. The number of rotatable bonds is 13. The zero-order valence-corrected chi connectivity index (χ0v) is 11.8. The van der Waals surface area contributed by atoms with Gasteiger partial charge in [-0.1, -0.05) is 6.92 Å². The van der Waals surface area contributed by atoms with E-state index in [2.05, 4.69) is 12.2 Å². The van der Waals surface area contributed by atoms with E-state index < -0.39 is 0 Å². The third-order valence-corrected chi connectivity index (χ3v) is 2.24. The van der Waals surface area contributed by atoms with Crippen LogP contribution in [0.5, 0.6) is 0 Å². The monoisotopic (exact) mass is 281 g/mol. The highest BCUT2D eigenvalue weighted by Gasteiger charge is 1.96. The topological polar surface area (TPSA) is 56.8 Å². The van der Waals surface area contributed by atoms with Gasteiger partial charge in [-0.25, -0.2) is 0 Å². The van der Waals surface area contributed by atoms with Gasteiger partial charge in [0.1, 0.15) is 5.88 Å². The molecular weight excluding hydrogens is 258 g/mol. The average Bonchev–Trinajstić information content (AvgIpc) is 2.39. The van der Waals surface area contributed by atoms with E-state index in [4.69, 9.17) is 25.8 Å². The number of ether oxygens (including phenoxy) is 3.